The van der Waals surface area contributed by atoms with Crippen LogP contribution in [0.1, 0.15) is 12.5 Å². The Bertz CT molecular complexity index is 1160. The Kier molecular flexibility index (Phi) is 5.83. The molecule has 2 aromatic carbocycles. The van der Waals surface area contributed by atoms with Crippen LogP contribution in [0.25, 0.3) is 22.6 Å². The first-order chi connectivity index (χ1) is 14.0. The Morgan fingerprint density at radius 2 is 1.66 bits per heavy atom. The van der Waals surface area contributed by atoms with E-state index >= 15 is 0 Å². The molecular formula is C20H15Cl4N5. The van der Waals surface area contributed by atoms with E-state index in [1.807, 2.05) is 23.6 Å². The predicted octanol–water partition coefficient (Wildman–Crippen LogP) is 6.74. The third kappa shape index (κ3) is 4.14. The molecule has 5 nitrogen and oxygen atoms in total. The summed E-state index contributed by atoms with van der Waals surface area (Å²) in [6.07, 6.45) is 1.68. The normalized spacial score (nSPS) is 11.2. The van der Waals surface area contributed by atoms with Crippen LogP contribution in [0.4, 0.5) is 5.95 Å². The number of anilines is 1. The highest BCUT2D eigenvalue weighted by Crippen LogP contribution is 2.35. The summed E-state index contributed by atoms with van der Waals surface area (Å²) in [5, 5.41) is 5.42. The Morgan fingerprint density at radius 1 is 0.966 bits per heavy atom. The highest BCUT2D eigenvalue weighted by molar-refractivity contribution is 6.39. The van der Waals surface area contributed by atoms with Gasteiger partial charge in [-0.3, -0.25) is 0 Å². The minimum atomic E-state index is 0.472. The van der Waals surface area contributed by atoms with E-state index in [1.165, 1.54) is 0 Å². The molecule has 148 valence electrons. The van der Waals surface area contributed by atoms with Crippen LogP contribution >= 0.6 is 46.4 Å². The van der Waals surface area contributed by atoms with Crippen molar-refractivity contribution in [1.82, 2.24) is 19.5 Å². The van der Waals surface area contributed by atoms with Gasteiger partial charge in [0.2, 0.25) is 5.95 Å². The molecule has 0 amide bonds. The Morgan fingerprint density at radius 3 is 2.31 bits per heavy atom. The summed E-state index contributed by atoms with van der Waals surface area (Å²) in [6, 6.07) is 10.8. The van der Waals surface area contributed by atoms with E-state index < -0.39 is 0 Å². The van der Waals surface area contributed by atoms with Crippen LogP contribution in [0, 0.1) is 0 Å². The lowest BCUT2D eigenvalue weighted by Gasteiger charge is -2.09. The first-order valence-corrected chi connectivity index (χ1v) is 10.3. The molecule has 0 unspecified atom stereocenters. The number of aryl methyl sites for hydroxylation is 1. The largest absolute Gasteiger partial charge is 0.350 e. The quantitative estimate of drug-likeness (QED) is 0.353. The van der Waals surface area contributed by atoms with Crippen molar-refractivity contribution in [2.24, 2.45) is 0 Å². The van der Waals surface area contributed by atoms with E-state index in [-0.39, 0.29) is 0 Å². The summed E-state index contributed by atoms with van der Waals surface area (Å²) in [4.78, 5) is 13.7. The van der Waals surface area contributed by atoms with Gasteiger partial charge in [0.25, 0.3) is 0 Å². The van der Waals surface area contributed by atoms with E-state index in [0.29, 0.717) is 61.7 Å². The van der Waals surface area contributed by atoms with E-state index in [2.05, 4.69) is 20.3 Å². The fourth-order valence-corrected chi connectivity index (χ4v) is 4.24. The second-order valence-electron chi connectivity index (χ2n) is 6.31. The summed E-state index contributed by atoms with van der Waals surface area (Å²) in [7, 11) is 0. The zero-order chi connectivity index (χ0) is 20.5. The van der Waals surface area contributed by atoms with E-state index in [1.54, 1.807) is 30.5 Å². The lowest BCUT2D eigenvalue weighted by Crippen LogP contribution is -2.05. The van der Waals surface area contributed by atoms with Gasteiger partial charge in [0, 0.05) is 23.1 Å². The van der Waals surface area contributed by atoms with E-state index in [4.69, 9.17) is 46.4 Å². The minimum absolute atomic E-state index is 0.472. The van der Waals surface area contributed by atoms with Gasteiger partial charge >= 0.3 is 0 Å². The average molecular weight is 467 g/mol. The van der Waals surface area contributed by atoms with Gasteiger partial charge in [-0.2, -0.15) is 4.98 Å². The van der Waals surface area contributed by atoms with Gasteiger partial charge in [0.05, 0.1) is 21.8 Å². The van der Waals surface area contributed by atoms with Crippen molar-refractivity contribution in [3.8, 4) is 11.4 Å². The molecular weight excluding hydrogens is 452 g/mol. The molecule has 2 heterocycles. The molecule has 4 rings (SSSR count). The van der Waals surface area contributed by atoms with Crippen LogP contribution in [-0.4, -0.2) is 19.5 Å². The van der Waals surface area contributed by atoms with Crippen LogP contribution in [0.15, 0.2) is 42.6 Å². The Balaban J connectivity index is 1.70. The first-order valence-electron chi connectivity index (χ1n) is 8.82. The first kappa shape index (κ1) is 20.2. The lowest BCUT2D eigenvalue weighted by molar-refractivity contribution is 0.786. The summed E-state index contributed by atoms with van der Waals surface area (Å²) in [5.74, 6) is 1.13. The number of benzene rings is 2. The maximum Gasteiger partial charge on any atom is 0.225 e. The zero-order valence-corrected chi connectivity index (χ0v) is 18.3. The van der Waals surface area contributed by atoms with Crippen LogP contribution in [0.5, 0.6) is 0 Å². The molecule has 4 aromatic rings. The van der Waals surface area contributed by atoms with Crippen molar-refractivity contribution in [2.45, 2.75) is 20.0 Å². The van der Waals surface area contributed by atoms with Crippen LogP contribution < -0.4 is 5.32 Å². The third-order valence-electron chi connectivity index (χ3n) is 4.36. The van der Waals surface area contributed by atoms with Crippen molar-refractivity contribution < 1.29 is 0 Å². The number of aromatic nitrogens is 4. The van der Waals surface area contributed by atoms with Crippen molar-refractivity contribution in [1.29, 1.82) is 0 Å². The number of imidazole rings is 1. The van der Waals surface area contributed by atoms with Gasteiger partial charge in [-0.1, -0.05) is 52.5 Å². The fourth-order valence-electron chi connectivity index (χ4n) is 3.10. The molecule has 0 aliphatic rings. The molecule has 2 aromatic heterocycles. The van der Waals surface area contributed by atoms with E-state index in [9.17, 15) is 0 Å². The molecule has 1 N–H and O–H groups in total. The number of hydrogen-bond donors (Lipinski definition) is 1. The van der Waals surface area contributed by atoms with Crippen molar-refractivity contribution in [3.05, 3.63) is 68.2 Å². The van der Waals surface area contributed by atoms with Gasteiger partial charge in [-0.25, -0.2) is 9.97 Å². The smallest absolute Gasteiger partial charge is 0.225 e. The molecule has 0 saturated heterocycles. The van der Waals surface area contributed by atoms with Gasteiger partial charge in [0.15, 0.2) is 5.65 Å². The molecule has 0 fully saturated rings. The van der Waals surface area contributed by atoms with Crippen molar-refractivity contribution >= 4 is 63.5 Å². The summed E-state index contributed by atoms with van der Waals surface area (Å²) < 4.78 is 1.96. The lowest BCUT2D eigenvalue weighted by atomic mass is 10.2. The molecule has 0 atom stereocenters. The van der Waals surface area contributed by atoms with Crippen LogP contribution in [-0.2, 0) is 13.1 Å². The monoisotopic (exact) mass is 465 g/mol. The van der Waals surface area contributed by atoms with Gasteiger partial charge in [-0.05, 0) is 42.8 Å². The molecule has 9 heteroatoms. The van der Waals surface area contributed by atoms with E-state index in [0.717, 1.165) is 5.56 Å². The molecule has 0 saturated carbocycles. The number of fused-ring (bicyclic) bond motifs is 1. The maximum absolute atomic E-state index is 6.39. The summed E-state index contributed by atoms with van der Waals surface area (Å²) in [5.41, 5.74) is 2.96. The van der Waals surface area contributed by atoms with Crippen molar-refractivity contribution in [2.75, 3.05) is 5.32 Å². The highest BCUT2D eigenvalue weighted by Gasteiger charge is 2.18. The van der Waals surface area contributed by atoms with Crippen molar-refractivity contribution in [3.63, 3.8) is 0 Å². The van der Waals surface area contributed by atoms with Crippen LogP contribution in [0.2, 0.25) is 20.1 Å². The molecule has 29 heavy (non-hydrogen) atoms. The van der Waals surface area contributed by atoms with Crippen LogP contribution in [0.3, 0.4) is 0 Å². The van der Waals surface area contributed by atoms with Gasteiger partial charge < -0.3 is 9.88 Å². The minimum Gasteiger partial charge on any atom is -0.350 e. The third-order valence-corrected chi connectivity index (χ3v) is 5.43. The zero-order valence-electron chi connectivity index (χ0n) is 15.3. The number of rotatable bonds is 5. The standard InChI is InChI=1S/C20H15Cl4N5/c1-2-29-18-16(27-19(29)17-14(23)4-3-5-15(17)24)10-26-20(28-18)25-9-11-6-12(21)8-13(22)7-11/h3-8,10H,2,9H2,1H3,(H,25,26,28). The maximum atomic E-state index is 6.39. The summed E-state index contributed by atoms with van der Waals surface area (Å²) >= 11 is 24.9. The number of nitrogens with zero attached hydrogens (tertiary/aromatic N) is 4. The highest BCUT2D eigenvalue weighted by atomic mass is 35.5. The number of nitrogens with one attached hydrogen (secondary N) is 1. The Labute approximate surface area is 187 Å². The molecule has 0 aliphatic heterocycles. The molecule has 0 radical (unpaired) electrons. The van der Waals surface area contributed by atoms with Gasteiger partial charge in [-0.15, -0.1) is 0 Å². The molecule has 0 bridgehead atoms. The SMILES string of the molecule is CCn1c(-c2c(Cl)cccc2Cl)nc2cnc(NCc3cc(Cl)cc(Cl)c3)nc21. The Hall–Kier alpha value is -2.05. The molecule has 0 spiro atoms. The van der Waals surface area contributed by atoms with Gasteiger partial charge in [0.1, 0.15) is 11.3 Å². The summed E-state index contributed by atoms with van der Waals surface area (Å²) in [6.45, 7) is 3.14. The second-order valence-corrected chi connectivity index (χ2v) is 8.00. The fraction of sp³-hybridized carbons (Fsp3) is 0.150. The topological polar surface area (TPSA) is 55.6 Å². The average Bonchev–Trinajstić information content (AvgIpc) is 3.03. The number of halogens is 4. The molecule has 0 aliphatic carbocycles. The second kappa shape index (κ2) is 8.36. The predicted molar refractivity (Wildman–Crippen MR) is 120 cm³/mol. The number of hydrogen-bond acceptors (Lipinski definition) is 4.